The first kappa shape index (κ1) is 20.9. The van der Waals surface area contributed by atoms with E-state index in [1.165, 1.54) is 14.2 Å². The highest BCUT2D eigenvalue weighted by molar-refractivity contribution is 7.92. The molecule has 0 fully saturated rings. The maximum absolute atomic E-state index is 12.5. The maximum Gasteiger partial charge on any atom is 0.245 e. The van der Waals surface area contributed by atoms with Gasteiger partial charge < -0.3 is 14.8 Å². The van der Waals surface area contributed by atoms with Crippen LogP contribution in [0.4, 0.5) is 11.4 Å². The summed E-state index contributed by atoms with van der Waals surface area (Å²) in [4.78, 5) is 12.5. The molecule has 7 nitrogen and oxygen atoms in total. The van der Waals surface area contributed by atoms with Crippen molar-refractivity contribution in [3.8, 4) is 11.5 Å². The van der Waals surface area contributed by atoms with Gasteiger partial charge in [0, 0.05) is 16.8 Å². The average molecular weight is 413 g/mol. The van der Waals surface area contributed by atoms with Gasteiger partial charge in [0.25, 0.3) is 0 Å². The van der Waals surface area contributed by atoms with E-state index >= 15 is 0 Å². The molecule has 0 radical (unpaired) electrons. The third kappa shape index (κ3) is 5.05. The summed E-state index contributed by atoms with van der Waals surface area (Å²) in [5.74, 6) is 0.454. The van der Waals surface area contributed by atoms with Gasteiger partial charge in [-0.05, 0) is 36.8 Å². The Bertz CT molecular complexity index is 947. The zero-order valence-electron chi connectivity index (χ0n) is 15.4. The van der Waals surface area contributed by atoms with Crippen LogP contribution in [0.1, 0.15) is 5.56 Å². The van der Waals surface area contributed by atoms with Crippen LogP contribution in [0.25, 0.3) is 0 Å². The molecule has 0 aliphatic rings. The zero-order chi connectivity index (χ0) is 20.2. The number of hydrogen-bond acceptors (Lipinski definition) is 5. The van der Waals surface area contributed by atoms with Crippen molar-refractivity contribution in [1.29, 1.82) is 0 Å². The lowest BCUT2D eigenvalue weighted by Crippen LogP contribution is -2.37. The summed E-state index contributed by atoms with van der Waals surface area (Å²) in [6, 6.07) is 9.76. The summed E-state index contributed by atoms with van der Waals surface area (Å²) in [5, 5.41) is 3.08. The van der Waals surface area contributed by atoms with E-state index in [0.29, 0.717) is 33.5 Å². The Hall–Kier alpha value is -2.45. The first-order chi connectivity index (χ1) is 12.7. The van der Waals surface area contributed by atoms with Gasteiger partial charge >= 0.3 is 0 Å². The number of nitrogens with one attached hydrogen (secondary N) is 1. The van der Waals surface area contributed by atoms with Gasteiger partial charge in [-0.2, -0.15) is 0 Å². The van der Waals surface area contributed by atoms with E-state index in [2.05, 4.69) is 5.32 Å². The van der Waals surface area contributed by atoms with E-state index in [1.807, 2.05) is 0 Å². The lowest BCUT2D eigenvalue weighted by Gasteiger charge is -2.24. The number of hydrogen-bond donors (Lipinski definition) is 1. The van der Waals surface area contributed by atoms with Crippen molar-refractivity contribution in [2.24, 2.45) is 0 Å². The molecule has 0 atom stereocenters. The molecule has 0 spiro atoms. The van der Waals surface area contributed by atoms with E-state index in [-0.39, 0.29) is 0 Å². The fourth-order valence-corrected chi connectivity index (χ4v) is 3.57. The molecule has 1 amide bonds. The van der Waals surface area contributed by atoms with Crippen molar-refractivity contribution in [1.82, 2.24) is 0 Å². The second-order valence-corrected chi connectivity index (χ2v) is 8.09. The molecule has 0 aromatic heterocycles. The van der Waals surface area contributed by atoms with Crippen LogP contribution in [0.3, 0.4) is 0 Å². The molecule has 2 aromatic rings. The van der Waals surface area contributed by atoms with E-state index in [0.717, 1.165) is 10.6 Å². The standard InChI is InChI=1S/C18H21ClN2O5S/c1-12-14(19)6-5-7-15(12)21(27(4,23)24)11-18(22)20-13-8-9-16(25-2)17(10-13)26-3/h5-10H,11H2,1-4H3,(H,20,22). The molecule has 2 rings (SSSR count). The number of carbonyl (C=O) groups is 1. The van der Waals surface area contributed by atoms with Gasteiger partial charge in [0.05, 0.1) is 26.2 Å². The Labute approximate surface area is 163 Å². The SMILES string of the molecule is COc1ccc(NC(=O)CN(c2cccc(Cl)c2C)S(C)(=O)=O)cc1OC. The summed E-state index contributed by atoms with van der Waals surface area (Å²) in [5.41, 5.74) is 1.38. The van der Waals surface area contributed by atoms with Crippen LogP contribution >= 0.6 is 11.6 Å². The maximum atomic E-state index is 12.5. The predicted octanol–water partition coefficient (Wildman–Crippen LogP) is 3.07. The average Bonchev–Trinajstić information content (AvgIpc) is 2.61. The first-order valence-electron chi connectivity index (χ1n) is 7.92. The molecule has 0 aliphatic heterocycles. The molecule has 0 heterocycles. The Balaban J connectivity index is 2.26. The number of amides is 1. The molecule has 0 unspecified atom stereocenters. The second kappa shape index (κ2) is 8.49. The van der Waals surface area contributed by atoms with Crippen molar-refractivity contribution in [2.75, 3.05) is 36.6 Å². The summed E-state index contributed by atoms with van der Waals surface area (Å²) in [6.45, 7) is 1.30. The number of benzene rings is 2. The fraction of sp³-hybridized carbons (Fsp3) is 0.278. The summed E-state index contributed by atoms with van der Waals surface area (Å²) in [7, 11) is -0.709. The minimum absolute atomic E-state index is 0.354. The van der Waals surface area contributed by atoms with E-state index in [4.69, 9.17) is 21.1 Å². The van der Waals surface area contributed by atoms with Gasteiger partial charge in [0.1, 0.15) is 6.54 Å². The Morgan fingerprint density at radius 1 is 1.15 bits per heavy atom. The minimum atomic E-state index is -3.70. The second-order valence-electron chi connectivity index (χ2n) is 5.77. The topological polar surface area (TPSA) is 84.9 Å². The molecule has 0 saturated heterocycles. The van der Waals surface area contributed by atoms with Crippen LogP contribution in [0.15, 0.2) is 36.4 Å². The quantitative estimate of drug-likeness (QED) is 0.755. The normalized spacial score (nSPS) is 11.0. The number of nitrogens with zero attached hydrogens (tertiary/aromatic N) is 1. The van der Waals surface area contributed by atoms with Crippen molar-refractivity contribution < 1.29 is 22.7 Å². The highest BCUT2D eigenvalue weighted by Crippen LogP contribution is 2.30. The third-order valence-corrected chi connectivity index (χ3v) is 5.40. The number of ether oxygens (including phenoxy) is 2. The van der Waals surface area contributed by atoms with Gasteiger partial charge in [-0.25, -0.2) is 8.42 Å². The van der Waals surface area contributed by atoms with Crippen LogP contribution < -0.4 is 19.1 Å². The van der Waals surface area contributed by atoms with Crippen molar-refractivity contribution in [3.63, 3.8) is 0 Å². The largest absolute Gasteiger partial charge is 0.493 e. The van der Waals surface area contributed by atoms with Crippen LogP contribution in [-0.4, -0.2) is 41.3 Å². The molecular formula is C18H21ClN2O5S. The van der Waals surface area contributed by atoms with Crippen LogP contribution in [-0.2, 0) is 14.8 Å². The molecule has 0 aliphatic carbocycles. The molecule has 27 heavy (non-hydrogen) atoms. The van der Waals surface area contributed by atoms with Gasteiger partial charge in [-0.1, -0.05) is 17.7 Å². The highest BCUT2D eigenvalue weighted by Gasteiger charge is 2.23. The lowest BCUT2D eigenvalue weighted by atomic mass is 10.2. The number of rotatable bonds is 7. The van der Waals surface area contributed by atoms with Gasteiger partial charge in [-0.15, -0.1) is 0 Å². The molecule has 9 heteroatoms. The van der Waals surface area contributed by atoms with Gasteiger partial charge in [0.15, 0.2) is 11.5 Å². The Morgan fingerprint density at radius 2 is 1.81 bits per heavy atom. The monoisotopic (exact) mass is 412 g/mol. The third-order valence-electron chi connectivity index (χ3n) is 3.86. The Kier molecular flexibility index (Phi) is 6.56. The zero-order valence-corrected chi connectivity index (χ0v) is 17.0. The van der Waals surface area contributed by atoms with Crippen molar-refractivity contribution in [3.05, 3.63) is 47.0 Å². The van der Waals surface area contributed by atoms with E-state index in [1.54, 1.807) is 43.3 Å². The predicted molar refractivity (Wildman–Crippen MR) is 107 cm³/mol. The van der Waals surface area contributed by atoms with E-state index < -0.39 is 22.5 Å². The summed E-state index contributed by atoms with van der Waals surface area (Å²) >= 11 is 6.09. The molecule has 2 aromatic carbocycles. The smallest absolute Gasteiger partial charge is 0.245 e. The number of halogens is 1. The number of methoxy groups -OCH3 is 2. The van der Waals surface area contributed by atoms with Gasteiger partial charge in [0.2, 0.25) is 15.9 Å². The molecule has 0 bridgehead atoms. The van der Waals surface area contributed by atoms with Crippen LogP contribution in [0.5, 0.6) is 11.5 Å². The first-order valence-corrected chi connectivity index (χ1v) is 10.1. The lowest BCUT2D eigenvalue weighted by molar-refractivity contribution is -0.114. The van der Waals surface area contributed by atoms with Crippen molar-refractivity contribution in [2.45, 2.75) is 6.92 Å². The molecule has 0 saturated carbocycles. The number of anilines is 2. The number of carbonyl (C=O) groups excluding carboxylic acids is 1. The van der Waals surface area contributed by atoms with Gasteiger partial charge in [-0.3, -0.25) is 9.10 Å². The summed E-state index contributed by atoms with van der Waals surface area (Å²) in [6.07, 6.45) is 1.04. The van der Waals surface area contributed by atoms with Crippen molar-refractivity contribution >= 4 is 38.9 Å². The Morgan fingerprint density at radius 3 is 2.41 bits per heavy atom. The molecule has 1 N–H and O–H groups in total. The van der Waals surface area contributed by atoms with E-state index in [9.17, 15) is 13.2 Å². The molecule has 146 valence electrons. The van der Waals surface area contributed by atoms with Crippen LogP contribution in [0, 0.1) is 6.92 Å². The number of sulfonamides is 1. The highest BCUT2D eigenvalue weighted by atomic mass is 35.5. The fourth-order valence-electron chi connectivity index (χ4n) is 2.49. The van der Waals surface area contributed by atoms with Crippen LogP contribution in [0.2, 0.25) is 5.02 Å². The summed E-state index contributed by atoms with van der Waals surface area (Å²) < 4.78 is 35.8. The minimum Gasteiger partial charge on any atom is -0.493 e. The molecular weight excluding hydrogens is 392 g/mol.